The second kappa shape index (κ2) is 5.87. The molecule has 4 nitrogen and oxygen atoms in total. The van der Waals surface area contributed by atoms with Crippen LogP contribution in [0.3, 0.4) is 0 Å². The number of nitrogens with one attached hydrogen (secondary N) is 1. The minimum absolute atomic E-state index is 0.0809. The average Bonchev–Trinajstić information content (AvgIpc) is 2.22. The van der Waals surface area contributed by atoms with Crippen LogP contribution in [0.2, 0.25) is 0 Å². The summed E-state index contributed by atoms with van der Waals surface area (Å²) in [6, 6.07) is 0.227. The lowest BCUT2D eigenvalue weighted by atomic mass is 9.78. The number of rotatable bonds is 4. The predicted octanol–water partition coefficient (Wildman–Crippen LogP) is 1.79. The molecular formula is C12H21NO3. The average molecular weight is 227 g/mol. The molecule has 0 unspecified atom stereocenters. The van der Waals surface area contributed by atoms with Crippen molar-refractivity contribution in [2.24, 2.45) is 11.8 Å². The Balaban J connectivity index is 2.35. The molecule has 1 fully saturated rings. The maximum Gasteiger partial charge on any atom is 0.303 e. The molecule has 16 heavy (non-hydrogen) atoms. The number of carbonyl (C=O) groups excluding carboxylic acids is 1. The lowest BCUT2D eigenvalue weighted by Crippen LogP contribution is -2.43. The van der Waals surface area contributed by atoms with Crippen LogP contribution in [0.1, 0.15) is 46.0 Å². The standard InChI is InChI=1S/C12H21NO3/c1-8-4-3-5-10(9(8)2)13-11(14)6-7-12(15)16/h8-10H,3-7H2,1-2H3,(H,13,14)(H,15,16)/t8-,9+,10-/m0/s1. The minimum atomic E-state index is -0.916. The summed E-state index contributed by atoms with van der Waals surface area (Å²) >= 11 is 0. The molecule has 0 aromatic rings. The Bertz CT molecular complexity index is 265. The highest BCUT2D eigenvalue weighted by Gasteiger charge is 2.27. The van der Waals surface area contributed by atoms with Crippen molar-refractivity contribution in [1.82, 2.24) is 5.32 Å². The Labute approximate surface area is 96.4 Å². The maximum atomic E-state index is 11.5. The Morgan fingerprint density at radius 2 is 1.94 bits per heavy atom. The van der Waals surface area contributed by atoms with E-state index in [4.69, 9.17) is 5.11 Å². The minimum Gasteiger partial charge on any atom is -0.481 e. The molecule has 1 saturated carbocycles. The van der Waals surface area contributed by atoms with Crippen molar-refractivity contribution >= 4 is 11.9 Å². The summed E-state index contributed by atoms with van der Waals surface area (Å²) in [4.78, 5) is 21.8. The molecule has 0 aromatic carbocycles. The van der Waals surface area contributed by atoms with Gasteiger partial charge in [0.2, 0.25) is 5.91 Å². The van der Waals surface area contributed by atoms with E-state index < -0.39 is 5.97 Å². The summed E-state index contributed by atoms with van der Waals surface area (Å²) in [6.45, 7) is 4.37. The van der Waals surface area contributed by atoms with E-state index >= 15 is 0 Å². The Morgan fingerprint density at radius 1 is 1.25 bits per heavy atom. The van der Waals surface area contributed by atoms with Crippen molar-refractivity contribution in [1.29, 1.82) is 0 Å². The number of hydrogen-bond acceptors (Lipinski definition) is 2. The fourth-order valence-electron chi connectivity index (χ4n) is 2.29. The number of carboxylic acids is 1. The van der Waals surface area contributed by atoms with Gasteiger partial charge in [-0.25, -0.2) is 0 Å². The third-order valence-electron chi connectivity index (χ3n) is 3.62. The van der Waals surface area contributed by atoms with Gasteiger partial charge in [-0.05, 0) is 18.3 Å². The zero-order valence-electron chi connectivity index (χ0n) is 10.0. The topological polar surface area (TPSA) is 66.4 Å². The molecule has 3 atom stereocenters. The van der Waals surface area contributed by atoms with Gasteiger partial charge in [0, 0.05) is 12.5 Å². The molecule has 4 heteroatoms. The Morgan fingerprint density at radius 3 is 2.56 bits per heavy atom. The van der Waals surface area contributed by atoms with E-state index in [1.54, 1.807) is 0 Å². The van der Waals surface area contributed by atoms with Crippen molar-refractivity contribution in [3.63, 3.8) is 0 Å². The van der Waals surface area contributed by atoms with Crippen LogP contribution in [0.4, 0.5) is 0 Å². The maximum absolute atomic E-state index is 11.5. The second-order valence-corrected chi connectivity index (χ2v) is 4.84. The predicted molar refractivity (Wildman–Crippen MR) is 61.0 cm³/mol. The van der Waals surface area contributed by atoms with Gasteiger partial charge in [0.05, 0.1) is 6.42 Å². The van der Waals surface area contributed by atoms with Gasteiger partial charge in [-0.2, -0.15) is 0 Å². The first kappa shape index (κ1) is 13.0. The SMILES string of the molecule is C[C@H]1[C@@H](NC(=O)CCC(=O)O)CCC[C@@H]1C. The van der Waals surface area contributed by atoms with Gasteiger partial charge in [-0.1, -0.05) is 26.7 Å². The van der Waals surface area contributed by atoms with E-state index in [9.17, 15) is 9.59 Å². The molecule has 0 aromatic heterocycles. The van der Waals surface area contributed by atoms with E-state index in [1.165, 1.54) is 6.42 Å². The molecule has 0 heterocycles. The fraction of sp³-hybridized carbons (Fsp3) is 0.833. The first-order valence-electron chi connectivity index (χ1n) is 6.02. The van der Waals surface area contributed by atoms with Crippen molar-refractivity contribution in [3.05, 3.63) is 0 Å². The molecule has 1 aliphatic carbocycles. The summed E-state index contributed by atoms with van der Waals surface area (Å²) < 4.78 is 0. The Hall–Kier alpha value is -1.06. The quantitative estimate of drug-likeness (QED) is 0.769. The van der Waals surface area contributed by atoms with Crippen LogP contribution in [0, 0.1) is 11.8 Å². The first-order valence-corrected chi connectivity index (χ1v) is 6.02. The summed E-state index contributed by atoms with van der Waals surface area (Å²) in [5, 5.41) is 11.4. The normalized spacial score (nSPS) is 29.8. The van der Waals surface area contributed by atoms with Crippen LogP contribution in [-0.4, -0.2) is 23.0 Å². The van der Waals surface area contributed by atoms with Crippen LogP contribution in [0.5, 0.6) is 0 Å². The van der Waals surface area contributed by atoms with Crippen molar-refractivity contribution in [3.8, 4) is 0 Å². The number of carbonyl (C=O) groups is 2. The molecular weight excluding hydrogens is 206 g/mol. The van der Waals surface area contributed by atoms with Gasteiger partial charge in [-0.15, -0.1) is 0 Å². The summed E-state index contributed by atoms with van der Waals surface area (Å²) in [6.07, 6.45) is 3.40. The number of carboxylic acid groups (broad SMARTS) is 1. The van der Waals surface area contributed by atoms with Gasteiger partial charge in [0.15, 0.2) is 0 Å². The highest BCUT2D eigenvalue weighted by molar-refractivity contribution is 5.80. The zero-order valence-corrected chi connectivity index (χ0v) is 10.0. The molecule has 1 rings (SSSR count). The third-order valence-corrected chi connectivity index (χ3v) is 3.62. The third kappa shape index (κ3) is 3.83. The molecule has 2 N–H and O–H groups in total. The molecule has 0 radical (unpaired) electrons. The largest absolute Gasteiger partial charge is 0.481 e. The summed E-state index contributed by atoms with van der Waals surface area (Å²) in [5.74, 6) is 0.0783. The lowest BCUT2D eigenvalue weighted by Gasteiger charge is -2.34. The molecule has 0 spiro atoms. The van der Waals surface area contributed by atoms with Crippen molar-refractivity contribution in [2.45, 2.75) is 52.0 Å². The van der Waals surface area contributed by atoms with Gasteiger partial charge >= 0.3 is 5.97 Å². The Kier molecular flexibility index (Phi) is 4.77. The molecule has 92 valence electrons. The zero-order chi connectivity index (χ0) is 12.1. The number of aliphatic carboxylic acids is 1. The van der Waals surface area contributed by atoms with E-state index in [2.05, 4.69) is 19.2 Å². The lowest BCUT2D eigenvalue weighted by molar-refractivity contribution is -0.139. The number of hydrogen-bond donors (Lipinski definition) is 2. The molecule has 0 saturated heterocycles. The highest BCUT2D eigenvalue weighted by Crippen LogP contribution is 2.29. The first-order chi connectivity index (χ1) is 7.50. The van der Waals surface area contributed by atoms with Crippen LogP contribution < -0.4 is 5.32 Å². The van der Waals surface area contributed by atoms with Crippen LogP contribution in [0.25, 0.3) is 0 Å². The summed E-state index contributed by atoms with van der Waals surface area (Å²) in [5.41, 5.74) is 0. The smallest absolute Gasteiger partial charge is 0.303 e. The van der Waals surface area contributed by atoms with Crippen LogP contribution >= 0.6 is 0 Å². The van der Waals surface area contributed by atoms with Gasteiger partial charge in [0.25, 0.3) is 0 Å². The molecule has 0 bridgehead atoms. The van der Waals surface area contributed by atoms with Crippen LogP contribution in [-0.2, 0) is 9.59 Å². The van der Waals surface area contributed by atoms with Gasteiger partial charge < -0.3 is 10.4 Å². The number of amides is 1. The van der Waals surface area contributed by atoms with E-state index in [-0.39, 0.29) is 24.8 Å². The fourth-order valence-corrected chi connectivity index (χ4v) is 2.29. The highest BCUT2D eigenvalue weighted by atomic mass is 16.4. The summed E-state index contributed by atoms with van der Waals surface area (Å²) in [7, 11) is 0. The molecule has 1 aliphatic rings. The van der Waals surface area contributed by atoms with Crippen LogP contribution in [0.15, 0.2) is 0 Å². The second-order valence-electron chi connectivity index (χ2n) is 4.84. The van der Waals surface area contributed by atoms with E-state index in [1.807, 2.05) is 0 Å². The van der Waals surface area contributed by atoms with E-state index in [0.29, 0.717) is 11.8 Å². The van der Waals surface area contributed by atoms with Gasteiger partial charge in [0.1, 0.15) is 0 Å². The molecule has 1 amide bonds. The van der Waals surface area contributed by atoms with Crippen molar-refractivity contribution < 1.29 is 14.7 Å². The van der Waals surface area contributed by atoms with Gasteiger partial charge in [-0.3, -0.25) is 9.59 Å². The van der Waals surface area contributed by atoms with Crippen molar-refractivity contribution in [2.75, 3.05) is 0 Å². The monoisotopic (exact) mass is 227 g/mol. The molecule has 0 aliphatic heterocycles. The van der Waals surface area contributed by atoms with E-state index in [0.717, 1.165) is 12.8 Å².